The Morgan fingerprint density at radius 3 is 2.96 bits per heavy atom. The van der Waals surface area contributed by atoms with Crippen molar-refractivity contribution < 1.29 is 4.79 Å². The highest BCUT2D eigenvalue weighted by Gasteiger charge is 2.03. The van der Waals surface area contributed by atoms with E-state index in [1.54, 1.807) is 6.21 Å². The molecule has 3 aromatic rings. The molecule has 3 rings (SSSR count). The molecule has 1 amide bonds. The van der Waals surface area contributed by atoms with E-state index in [-0.39, 0.29) is 12.5 Å². The number of aryl methyl sites for hydroxylation is 1. The van der Waals surface area contributed by atoms with Crippen LogP contribution in [0.25, 0.3) is 10.9 Å². The number of para-hydroxylation sites is 1. The highest BCUT2D eigenvalue weighted by atomic mass is 127. The maximum absolute atomic E-state index is 11.9. The second kappa shape index (κ2) is 7.48. The zero-order valence-electron chi connectivity index (χ0n) is 13.1. The van der Waals surface area contributed by atoms with E-state index in [4.69, 9.17) is 0 Å². The number of carbonyl (C=O) groups excluding carboxylic acids is 1. The number of rotatable bonds is 5. The van der Waals surface area contributed by atoms with Gasteiger partial charge in [0.1, 0.15) is 0 Å². The van der Waals surface area contributed by atoms with E-state index < -0.39 is 0 Å². The molecule has 5 nitrogen and oxygen atoms in total. The van der Waals surface area contributed by atoms with Crippen LogP contribution in [0, 0.1) is 10.5 Å². The lowest BCUT2D eigenvalue weighted by molar-refractivity contribution is -0.119. The maximum atomic E-state index is 11.9. The van der Waals surface area contributed by atoms with Gasteiger partial charge < -0.3 is 10.3 Å². The van der Waals surface area contributed by atoms with Crippen LogP contribution in [0.2, 0.25) is 0 Å². The van der Waals surface area contributed by atoms with Crippen molar-refractivity contribution in [2.75, 3.05) is 11.9 Å². The Hall–Kier alpha value is -2.35. The van der Waals surface area contributed by atoms with E-state index >= 15 is 0 Å². The van der Waals surface area contributed by atoms with Gasteiger partial charge >= 0.3 is 0 Å². The van der Waals surface area contributed by atoms with Gasteiger partial charge in [-0.2, -0.15) is 5.10 Å². The molecule has 0 saturated heterocycles. The first-order chi connectivity index (χ1) is 11.6. The molecule has 0 aliphatic carbocycles. The molecule has 0 aliphatic rings. The summed E-state index contributed by atoms with van der Waals surface area (Å²) in [5, 5.41) is 8.22. The predicted octanol–water partition coefficient (Wildman–Crippen LogP) is 3.64. The smallest absolute Gasteiger partial charge is 0.259 e. The number of aromatic amines is 1. The van der Waals surface area contributed by atoms with Crippen molar-refractivity contribution in [1.82, 2.24) is 10.4 Å². The van der Waals surface area contributed by atoms with Gasteiger partial charge in [-0.1, -0.05) is 18.2 Å². The fourth-order valence-electron chi connectivity index (χ4n) is 2.42. The minimum absolute atomic E-state index is 0.173. The quantitative estimate of drug-likeness (QED) is 0.328. The van der Waals surface area contributed by atoms with Gasteiger partial charge in [-0.25, -0.2) is 5.43 Å². The number of nitrogens with one attached hydrogen (secondary N) is 3. The minimum Gasteiger partial charge on any atom is -0.376 e. The van der Waals surface area contributed by atoms with Gasteiger partial charge in [-0.3, -0.25) is 4.79 Å². The molecule has 0 fully saturated rings. The second-order valence-electron chi connectivity index (χ2n) is 5.40. The molecule has 0 bridgehead atoms. The van der Waals surface area contributed by atoms with E-state index in [0.717, 1.165) is 27.7 Å². The number of halogens is 1. The summed E-state index contributed by atoms with van der Waals surface area (Å²) < 4.78 is 1.17. The first-order valence-corrected chi connectivity index (χ1v) is 8.59. The molecule has 0 spiro atoms. The number of benzene rings is 2. The number of fused-ring (bicyclic) bond motifs is 1. The van der Waals surface area contributed by atoms with Crippen molar-refractivity contribution >= 4 is 51.3 Å². The molecule has 0 saturated carbocycles. The summed E-state index contributed by atoms with van der Waals surface area (Å²) in [7, 11) is 0. The molecule has 0 radical (unpaired) electrons. The lowest BCUT2D eigenvalue weighted by Gasteiger charge is -2.08. The third kappa shape index (κ3) is 3.94. The summed E-state index contributed by atoms with van der Waals surface area (Å²) in [6, 6.07) is 14.0. The van der Waals surface area contributed by atoms with Crippen LogP contribution in [0.3, 0.4) is 0 Å². The van der Waals surface area contributed by atoms with Gasteiger partial charge in [0.2, 0.25) is 0 Å². The van der Waals surface area contributed by atoms with Crippen molar-refractivity contribution in [3.05, 3.63) is 63.4 Å². The van der Waals surface area contributed by atoms with Crippen molar-refractivity contribution in [2.24, 2.45) is 5.10 Å². The molecule has 0 aliphatic heterocycles. The Balaban J connectivity index is 1.55. The Labute approximate surface area is 153 Å². The zero-order valence-corrected chi connectivity index (χ0v) is 15.3. The lowest BCUT2D eigenvalue weighted by Crippen LogP contribution is -2.26. The third-order valence-electron chi connectivity index (χ3n) is 3.64. The largest absolute Gasteiger partial charge is 0.376 e. The highest BCUT2D eigenvalue weighted by molar-refractivity contribution is 14.1. The first-order valence-electron chi connectivity index (χ1n) is 7.51. The normalized spacial score (nSPS) is 11.1. The average molecular weight is 432 g/mol. The van der Waals surface area contributed by atoms with Gasteiger partial charge in [0.25, 0.3) is 5.91 Å². The van der Waals surface area contributed by atoms with Crippen molar-refractivity contribution in [3.8, 4) is 0 Å². The number of anilines is 1. The van der Waals surface area contributed by atoms with Crippen LogP contribution in [0.4, 0.5) is 5.69 Å². The number of carbonyl (C=O) groups is 1. The number of amides is 1. The van der Waals surface area contributed by atoms with E-state index in [0.29, 0.717) is 0 Å². The second-order valence-corrected chi connectivity index (χ2v) is 6.64. The van der Waals surface area contributed by atoms with Crippen LogP contribution in [0.15, 0.2) is 53.8 Å². The molecule has 3 N–H and O–H groups in total. The summed E-state index contributed by atoms with van der Waals surface area (Å²) in [5.41, 5.74) is 6.58. The molecular weight excluding hydrogens is 415 g/mol. The summed E-state index contributed by atoms with van der Waals surface area (Å²) >= 11 is 2.26. The monoisotopic (exact) mass is 432 g/mol. The Morgan fingerprint density at radius 2 is 2.12 bits per heavy atom. The summed E-state index contributed by atoms with van der Waals surface area (Å²) in [6.45, 7) is 2.18. The van der Waals surface area contributed by atoms with Crippen molar-refractivity contribution in [2.45, 2.75) is 6.92 Å². The first kappa shape index (κ1) is 16.5. The molecule has 0 unspecified atom stereocenters. The number of H-pyrrole nitrogens is 1. The van der Waals surface area contributed by atoms with Crippen LogP contribution in [-0.2, 0) is 4.79 Å². The SMILES string of the molecule is Cc1cc(I)ccc1NCC(=O)NN=Cc1c[nH]c2ccccc12. The van der Waals surface area contributed by atoms with Gasteiger partial charge in [-0.05, 0) is 59.3 Å². The Kier molecular flexibility index (Phi) is 5.14. The van der Waals surface area contributed by atoms with E-state index in [1.165, 1.54) is 3.57 Å². The van der Waals surface area contributed by atoms with Crippen LogP contribution in [0.5, 0.6) is 0 Å². The van der Waals surface area contributed by atoms with Gasteiger partial charge in [0.15, 0.2) is 0 Å². The van der Waals surface area contributed by atoms with Gasteiger partial charge in [0, 0.05) is 31.9 Å². The molecule has 2 aromatic carbocycles. The number of aromatic nitrogens is 1. The highest BCUT2D eigenvalue weighted by Crippen LogP contribution is 2.17. The third-order valence-corrected chi connectivity index (χ3v) is 4.31. The van der Waals surface area contributed by atoms with Crippen molar-refractivity contribution in [1.29, 1.82) is 0 Å². The zero-order chi connectivity index (χ0) is 16.9. The Bertz CT molecular complexity index is 901. The molecule has 24 heavy (non-hydrogen) atoms. The fourth-order valence-corrected chi connectivity index (χ4v) is 3.06. The molecular formula is C18H17IN4O. The molecule has 6 heteroatoms. The lowest BCUT2D eigenvalue weighted by atomic mass is 10.2. The predicted molar refractivity (Wildman–Crippen MR) is 106 cm³/mol. The van der Waals surface area contributed by atoms with E-state index in [9.17, 15) is 4.79 Å². The number of hydrogen-bond donors (Lipinski definition) is 3. The van der Waals surface area contributed by atoms with Crippen LogP contribution in [0.1, 0.15) is 11.1 Å². The average Bonchev–Trinajstić information content (AvgIpc) is 2.97. The van der Waals surface area contributed by atoms with E-state index in [2.05, 4.69) is 49.5 Å². The minimum atomic E-state index is -0.191. The number of hydrazone groups is 1. The number of nitrogens with zero attached hydrogens (tertiary/aromatic N) is 1. The van der Waals surface area contributed by atoms with Crippen LogP contribution in [-0.4, -0.2) is 23.7 Å². The van der Waals surface area contributed by atoms with E-state index in [1.807, 2.05) is 49.5 Å². The van der Waals surface area contributed by atoms with Crippen LogP contribution < -0.4 is 10.7 Å². The maximum Gasteiger partial charge on any atom is 0.259 e. The summed E-state index contributed by atoms with van der Waals surface area (Å²) in [5.74, 6) is -0.191. The van der Waals surface area contributed by atoms with Gasteiger partial charge in [0.05, 0.1) is 12.8 Å². The molecule has 1 heterocycles. The summed E-state index contributed by atoms with van der Waals surface area (Å²) in [4.78, 5) is 15.1. The summed E-state index contributed by atoms with van der Waals surface area (Å²) in [6.07, 6.45) is 3.51. The van der Waals surface area contributed by atoms with Gasteiger partial charge in [-0.15, -0.1) is 0 Å². The van der Waals surface area contributed by atoms with Crippen LogP contribution >= 0.6 is 22.6 Å². The van der Waals surface area contributed by atoms with Crippen molar-refractivity contribution in [3.63, 3.8) is 0 Å². The molecule has 122 valence electrons. The molecule has 1 aromatic heterocycles. The standard InChI is InChI=1S/C18H17IN4O/c1-12-8-14(19)6-7-16(12)21-11-18(24)23-22-10-13-9-20-17-5-3-2-4-15(13)17/h2-10,20-21H,11H2,1H3,(H,23,24). The fraction of sp³-hybridized carbons (Fsp3) is 0.111. The Morgan fingerprint density at radius 1 is 1.29 bits per heavy atom. The number of hydrogen-bond acceptors (Lipinski definition) is 3. The topological polar surface area (TPSA) is 69.3 Å². The molecule has 0 atom stereocenters.